The minimum Gasteiger partial charge on any atom is -0.481 e. The number of fused-ring (bicyclic) bond motifs is 1. The number of alkyl halides is 6. The fourth-order valence-electron chi connectivity index (χ4n) is 8.78. The Morgan fingerprint density at radius 2 is 1.55 bits per heavy atom. The van der Waals surface area contributed by atoms with E-state index in [4.69, 9.17) is 0 Å². The van der Waals surface area contributed by atoms with Crippen LogP contribution in [-0.4, -0.2) is 40.5 Å². The Hall–Kier alpha value is -3.31. The van der Waals surface area contributed by atoms with Gasteiger partial charge in [-0.2, -0.15) is 26.3 Å². The summed E-state index contributed by atoms with van der Waals surface area (Å²) in [6.07, 6.45) is -7.59. The minimum absolute atomic E-state index is 0.0599. The van der Waals surface area contributed by atoms with E-state index in [0.717, 1.165) is 11.3 Å². The van der Waals surface area contributed by atoms with Crippen molar-refractivity contribution >= 4 is 12.0 Å². The van der Waals surface area contributed by atoms with E-state index in [2.05, 4.69) is 6.92 Å². The number of carboxylic acids is 1. The number of amides is 2. The zero-order valence-electron chi connectivity index (χ0n) is 27.3. The molecule has 2 amide bonds. The van der Waals surface area contributed by atoms with Crippen LogP contribution in [0.2, 0.25) is 0 Å². The summed E-state index contributed by atoms with van der Waals surface area (Å²) in [6.45, 7) is 9.50. The van der Waals surface area contributed by atoms with Crippen LogP contribution in [-0.2, 0) is 17.1 Å². The molecule has 12 heteroatoms. The van der Waals surface area contributed by atoms with E-state index in [-0.39, 0.29) is 47.3 Å². The first-order valence-corrected chi connectivity index (χ1v) is 15.9. The van der Waals surface area contributed by atoms with Gasteiger partial charge in [-0.05, 0) is 116 Å². The van der Waals surface area contributed by atoms with Gasteiger partial charge in [-0.15, -0.1) is 0 Å². The number of halogens is 7. The summed E-state index contributed by atoms with van der Waals surface area (Å²) in [5, 5.41) is 10.1. The number of aliphatic carboxylic acids is 1. The molecule has 5 rings (SSSR count). The zero-order chi connectivity index (χ0) is 35.0. The first kappa shape index (κ1) is 35.0. The maximum Gasteiger partial charge on any atom is 0.416 e. The smallest absolute Gasteiger partial charge is 0.416 e. The standard InChI is InChI=1S/C35H41F7N2O3/c1-18-11-26(36)7-8-27(18)28-14-21(19(2)23-15-29-32(4,5)33(29,17-23)30(45)46)9-10-44(28)31(47)43(6)20(3)22-12-24(34(37,38)39)16-25(13-22)35(40,41)42/h7-8,11-13,16,19-21,23,28-29H,9-10,14-15,17H2,1-6H3,(H,45,46). The van der Waals surface area contributed by atoms with Gasteiger partial charge in [0, 0.05) is 13.6 Å². The number of carbonyl (C=O) groups excluding carboxylic acids is 1. The third-order valence-corrected chi connectivity index (χ3v) is 12.0. The largest absolute Gasteiger partial charge is 0.481 e. The van der Waals surface area contributed by atoms with Crippen molar-refractivity contribution < 1.29 is 45.4 Å². The molecule has 0 bridgehead atoms. The minimum atomic E-state index is -5.03. The van der Waals surface area contributed by atoms with Gasteiger partial charge in [0.1, 0.15) is 5.82 Å². The van der Waals surface area contributed by atoms with Gasteiger partial charge >= 0.3 is 24.4 Å². The number of nitrogens with zero attached hydrogens (tertiary/aromatic N) is 2. The normalized spacial score (nSPS) is 28.4. The summed E-state index contributed by atoms with van der Waals surface area (Å²) in [4.78, 5) is 29.1. The summed E-state index contributed by atoms with van der Waals surface area (Å²) in [6, 6.07) is 3.36. The van der Waals surface area contributed by atoms with Gasteiger partial charge in [-0.3, -0.25) is 4.79 Å². The lowest BCUT2D eigenvalue weighted by Crippen LogP contribution is -2.48. The highest BCUT2D eigenvalue weighted by Crippen LogP contribution is 2.78. The highest BCUT2D eigenvalue weighted by molar-refractivity contribution is 5.81. The number of urea groups is 1. The van der Waals surface area contributed by atoms with Crippen molar-refractivity contribution in [2.24, 2.45) is 34.5 Å². The molecule has 2 aromatic rings. The Balaban J connectivity index is 1.41. The number of aryl methyl sites for hydroxylation is 1. The lowest BCUT2D eigenvalue weighted by molar-refractivity contribution is -0.146. The van der Waals surface area contributed by atoms with E-state index in [0.29, 0.717) is 42.5 Å². The quantitative estimate of drug-likeness (QED) is 0.312. The molecule has 2 aliphatic carbocycles. The van der Waals surface area contributed by atoms with Crippen molar-refractivity contribution in [3.8, 4) is 0 Å². The maximum absolute atomic E-state index is 14.1. The molecule has 1 aliphatic heterocycles. The Labute approximate surface area is 270 Å². The Morgan fingerprint density at radius 3 is 2.06 bits per heavy atom. The number of piperidine rings is 1. The highest BCUT2D eigenvalue weighted by atomic mass is 19.4. The molecular weight excluding hydrogens is 629 g/mol. The van der Waals surface area contributed by atoms with Crippen LogP contribution in [0.4, 0.5) is 35.5 Å². The van der Waals surface area contributed by atoms with Crippen molar-refractivity contribution in [2.75, 3.05) is 13.6 Å². The van der Waals surface area contributed by atoms with Gasteiger partial charge in [0.2, 0.25) is 0 Å². The van der Waals surface area contributed by atoms with Crippen molar-refractivity contribution in [3.05, 3.63) is 70.0 Å². The summed E-state index contributed by atoms with van der Waals surface area (Å²) in [5.41, 5.74) is -2.91. The fourth-order valence-corrected chi connectivity index (χ4v) is 8.78. The summed E-state index contributed by atoms with van der Waals surface area (Å²) >= 11 is 0. The second-order valence-corrected chi connectivity index (χ2v) is 14.5. The molecule has 47 heavy (non-hydrogen) atoms. The van der Waals surface area contributed by atoms with Crippen molar-refractivity contribution in [2.45, 2.75) is 84.7 Å². The van der Waals surface area contributed by atoms with E-state index >= 15 is 0 Å². The number of hydrogen-bond donors (Lipinski definition) is 1. The molecule has 7 atom stereocenters. The molecule has 0 aromatic heterocycles. The number of likely N-dealkylation sites (tertiary alicyclic amines) is 1. The van der Waals surface area contributed by atoms with Crippen LogP contribution < -0.4 is 0 Å². The number of rotatable bonds is 6. The Bertz CT molecular complexity index is 1520. The van der Waals surface area contributed by atoms with Crippen molar-refractivity contribution in [1.29, 1.82) is 0 Å². The van der Waals surface area contributed by atoms with Crippen LogP contribution in [0.5, 0.6) is 0 Å². The second kappa shape index (κ2) is 11.7. The molecule has 0 radical (unpaired) electrons. The van der Waals surface area contributed by atoms with Gasteiger partial charge in [-0.1, -0.05) is 26.8 Å². The molecule has 5 nitrogen and oxygen atoms in total. The Morgan fingerprint density at radius 1 is 0.957 bits per heavy atom. The summed E-state index contributed by atoms with van der Waals surface area (Å²) in [5.74, 6) is -0.697. The van der Waals surface area contributed by atoms with Crippen LogP contribution in [0.25, 0.3) is 0 Å². The van der Waals surface area contributed by atoms with E-state index in [1.165, 1.54) is 26.1 Å². The van der Waals surface area contributed by atoms with Crippen LogP contribution in [0, 0.1) is 47.2 Å². The molecule has 3 fully saturated rings. The first-order chi connectivity index (χ1) is 21.6. The molecule has 1 N–H and O–H groups in total. The van der Waals surface area contributed by atoms with Gasteiger partial charge in [-0.25, -0.2) is 9.18 Å². The van der Waals surface area contributed by atoms with E-state index in [1.54, 1.807) is 17.9 Å². The predicted molar refractivity (Wildman–Crippen MR) is 161 cm³/mol. The molecule has 0 spiro atoms. The molecule has 1 heterocycles. The molecule has 7 unspecified atom stereocenters. The van der Waals surface area contributed by atoms with Gasteiger partial charge in [0.25, 0.3) is 0 Å². The monoisotopic (exact) mass is 670 g/mol. The lowest BCUT2D eigenvalue weighted by Gasteiger charge is -2.45. The predicted octanol–water partition coefficient (Wildman–Crippen LogP) is 9.51. The number of carbonyl (C=O) groups is 2. The van der Waals surface area contributed by atoms with Gasteiger partial charge < -0.3 is 14.9 Å². The van der Waals surface area contributed by atoms with Gasteiger partial charge in [0.15, 0.2) is 0 Å². The Kier molecular flexibility index (Phi) is 8.70. The maximum atomic E-state index is 14.1. The van der Waals surface area contributed by atoms with E-state index in [9.17, 15) is 45.4 Å². The zero-order valence-corrected chi connectivity index (χ0v) is 27.3. The molecule has 3 aliphatic rings. The number of hydrogen-bond acceptors (Lipinski definition) is 2. The second-order valence-electron chi connectivity index (χ2n) is 14.5. The number of benzene rings is 2. The van der Waals surface area contributed by atoms with Crippen LogP contribution in [0.1, 0.15) is 93.3 Å². The SMILES string of the molecule is Cc1cc(F)ccc1C1CC(C(C)C2CC3C(C)(C)C3(C(=O)O)C2)CCN1C(=O)N(C)C(C)c1cc(C(F)(F)F)cc(C(F)(F)F)c1. The van der Waals surface area contributed by atoms with Crippen LogP contribution in [0.15, 0.2) is 36.4 Å². The molecular formula is C35H41F7N2O3. The van der Waals surface area contributed by atoms with Crippen LogP contribution >= 0.6 is 0 Å². The lowest BCUT2D eigenvalue weighted by atomic mass is 9.71. The van der Waals surface area contributed by atoms with Crippen LogP contribution in [0.3, 0.4) is 0 Å². The average molecular weight is 671 g/mol. The fraction of sp³-hybridized carbons (Fsp3) is 0.600. The summed E-state index contributed by atoms with van der Waals surface area (Å²) in [7, 11) is 1.35. The molecule has 2 saturated carbocycles. The number of carboxylic acid groups (broad SMARTS) is 1. The third-order valence-electron chi connectivity index (χ3n) is 12.0. The van der Waals surface area contributed by atoms with E-state index < -0.39 is 58.8 Å². The molecule has 258 valence electrons. The van der Waals surface area contributed by atoms with E-state index in [1.807, 2.05) is 13.8 Å². The molecule has 1 saturated heterocycles. The van der Waals surface area contributed by atoms with Crippen molar-refractivity contribution in [3.63, 3.8) is 0 Å². The summed E-state index contributed by atoms with van der Waals surface area (Å²) < 4.78 is 95.6. The molecule has 2 aromatic carbocycles. The third kappa shape index (κ3) is 5.98. The van der Waals surface area contributed by atoms with Crippen molar-refractivity contribution in [1.82, 2.24) is 9.80 Å². The van der Waals surface area contributed by atoms with Gasteiger partial charge in [0.05, 0.1) is 28.6 Å². The highest BCUT2D eigenvalue weighted by Gasteiger charge is 2.79. The topological polar surface area (TPSA) is 60.9 Å². The average Bonchev–Trinajstić information content (AvgIpc) is 3.26. The first-order valence-electron chi connectivity index (χ1n) is 15.9.